The molecule has 2 aliphatic rings. The lowest BCUT2D eigenvalue weighted by atomic mass is 9.99. The molecule has 5 nitrogen and oxygen atoms in total. The van der Waals surface area contributed by atoms with Crippen LogP contribution in [0.2, 0.25) is 0 Å². The minimum atomic E-state index is 0.0975. The Morgan fingerprint density at radius 1 is 1.23 bits per heavy atom. The third-order valence-corrected chi connectivity index (χ3v) is 4.86. The number of pyridine rings is 1. The number of aromatic nitrogens is 1. The molecule has 5 heteroatoms. The zero-order chi connectivity index (χ0) is 15.5. The van der Waals surface area contributed by atoms with Gasteiger partial charge in [0.05, 0.1) is 5.56 Å². The molecule has 0 radical (unpaired) electrons. The van der Waals surface area contributed by atoms with Gasteiger partial charge in [-0.05, 0) is 37.8 Å². The fourth-order valence-corrected chi connectivity index (χ4v) is 3.25. The molecular formula is C17H26N4O. The van der Waals surface area contributed by atoms with E-state index in [9.17, 15) is 4.79 Å². The molecule has 1 aromatic heterocycles. The van der Waals surface area contributed by atoms with Gasteiger partial charge < -0.3 is 15.1 Å². The first-order valence-corrected chi connectivity index (χ1v) is 8.38. The normalized spacial score (nSPS) is 23.6. The summed E-state index contributed by atoms with van der Waals surface area (Å²) in [5.41, 5.74) is 0.697. The van der Waals surface area contributed by atoms with Crippen LogP contribution in [-0.4, -0.2) is 54.6 Å². The van der Waals surface area contributed by atoms with Crippen molar-refractivity contribution in [1.82, 2.24) is 15.2 Å². The topological polar surface area (TPSA) is 48.5 Å². The smallest absolute Gasteiger partial charge is 0.255 e. The van der Waals surface area contributed by atoms with Gasteiger partial charge in [-0.15, -0.1) is 0 Å². The molecule has 0 bridgehead atoms. The number of anilines is 1. The Labute approximate surface area is 132 Å². The Balaban J connectivity index is 1.67. The van der Waals surface area contributed by atoms with Gasteiger partial charge in [0, 0.05) is 45.0 Å². The van der Waals surface area contributed by atoms with Crippen molar-refractivity contribution >= 4 is 11.7 Å². The van der Waals surface area contributed by atoms with Crippen molar-refractivity contribution in [2.75, 3.05) is 37.6 Å². The van der Waals surface area contributed by atoms with Gasteiger partial charge in [-0.3, -0.25) is 4.79 Å². The van der Waals surface area contributed by atoms with E-state index >= 15 is 0 Å². The van der Waals surface area contributed by atoms with Crippen LogP contribution in [0.4, 0.5) is 5.82 Å². The van der Waals surface area contributed by atoms with Gasteiger partial charge in [0.1, 0.15) is 5.82 Å². The highest BCUT2D eigenvalue weighted by Gasteiger charge is 2.24. The van der Waals surface area contributed by atoms with Gasteiger partial charge in [-0.2, -0.15) is 0 Å². The molecule has 2 fully saturated rings. The molecule has 0 spiro atoms. The van der Waals surface area contributed by atoms with E-state index in [4.69, 9.17) is 0 Å². The number of carbonyl (C=O) groups excluding carboxylic acids is 1. The zero-order valence-corrected chi connectivity index (χ0v) is 13.6. The first kappa shape index (κ1) is 15.3. The lowest BCUT2D eigenvalue weighted by Gasteiger charge is -2.34. The summed E-state index contributed by atoms with van der Waals surface area (Å²) in [6, 6.07) is 4.16. The van der Waals surface area contributed by atoms with Crippen LogP contribution >= 0.6 is 0 Å². The molecule has 2 saturated heterocycles. The minimum Gasteiger partial charge on any atom is -0.357 e. The van der Waals surface area contributed by atoms with Crippen molar-refractivity contribution in [3.05, 3.63) is 23.9 Å². The second kappa shape index (κ2) is 6.65. The summed E-state index contributed by atoms with van der Waals surface area (Å²) in [6.45, 7) is 9.02. The Morgan fingerprint density at radius 2 is 2.00 bits per heavy atom. The average Bonchev–Trinajstić information content (AvgIpc) is 2.56. The number of piperidine rings is 1. The van der Waals surface area contributed by atoms with E-state index in [-0.39, 0.29) is 11.9 Å². The predicted octanol–water partition coefficient (Wildman–Crippen LogP) is 1.75. The highest BCUT2D eigenvalue weighted by Crippen LogP contribution is 2.21. The summed E-state index contributed by atoms with van der Waals surface area (Å²) in [5, 5.41) is 3.31. The highest BCUT2D eigenvalue weighted by molar-refractivity contribution is 5.94. The van der Waals surface area contributed by atoms with Crippen molar-refractivity contribution in [2.24, 2.45) is 5.92 Å². The van der Waals surface area contributed by atoms with E-state index in [0.717, 1.165) is 44.5 Å². The minimum absolute atomic E-state index is 0.0975. The number of amides is 1. The number of hydrogen-bond donors (Lipinski definition) is 1. The molecule has 120 valence electrons. The van der Waals surface area contributed by atoms with E-state index in [1.165, 1.54) is 12.8 Å². The lowest BCUT2D eigenvalue weighted by molar-refractivity contribution is 0.0655. The predicted molar refractivity (Wildman–Crippen MR) is 88.2 cm³/mol. The Kier molecular flexibility index (Phi) is 4.62. The van der Waals surface area contributed by atoms with Crippen LogP contribution in [-0.2, 0) is 0 Å². The monoisotopic (exact) mass is 302 g/mol. The zero-order valence-electron chi connectivity index (χ0n) is 13.6. The molecule has 1 aromatic rings. The number of carbonyl (C=O) groups is 1. The van der Waals surface area contributed by atoms with Gasteiger partial charge in [-0.25, -0.2) is 4.98 Å². The summed E-state index contributed by atoms with van der Waals surface area (Å²) in [5.74, 6) is 1.91. The van der Waals surface area contributed by atoms with Gasteiger partial charge in [0.25, 0.3) is 5.91 Å². The molecular weight excluding hydrogens is 276 g/mol. The first-order valence-electron chi connectivity index (χ1n) is 8.38. The number of nitrogens with one attached hydrogen (secondary N) is 1. The SMILES string of the molecule is CC1CCN(c2ccc(C(=O)N3CCNCC3C)cn2)CC1. The largest absolute Gasteiger partial charge is 0.357 e. The third kappa shape index (κ3) is 3.24. The van der Waals surface area contributed by atoms with Crippen LogP contribution in [0.1, 0.15) is 37.0 Å². The summed E-state index contributed by atoms with van der Waals surface area (Å²) in [6.07, 6.45) is 4.19. The van der Waals surface area contributed by atoms with Crippen LogP contribution < -0.4 is 10.2 Å². The Hall–Kier alpha value is -1.62. The van der Waals surface area contributed by atoms with Crippen molar-refractivity contribution in [2.45, 2.75) is 32.7 Å². The summed E-state index contributed by atoms with van der Waals surface area (Å²) >= 11 is 0. The second-order valence-corrected chi connectivity index (χ2v) is 6.63. The van der Waals surface area contributed by atoms with Crippen molar-refractivity contribution in [1.29, 1.82) is 0 Å². The van der Waals surface area contributed by atoms with Gasteiger partial charge in [0.2, 0.25) is 0 Å². The van der Waals surface area contributed by atoms with Crippen LogP contribution in [0.3, 0.4) is 0 Å². The maximum Gasteiger partial charge on any atom is 0.255 e. The van der Waals surface area contributed by atoms with Crippen molar-refractivity contribution in [3.63, 3.8) is 0 Å². The van der Waals surface area contributed by atoms with Crippen LogP contribution in [0.15, 0.2) is 18.3 Å². The van der Waals surface area contributed by atoms with Crippen LogP contribution in [0, 0.1) is 5.92 Å². The Morgan fingerprint density at radius 3 is 2.64 bits per heavy atom. The molecule has 1 atom stereocenters. The Bertz CT molecular complexity index is 508. The first-order chi connectivity index (χ1) is 10.6. The standard InChI is InChI=1S/C17H26N4O/c1-13-5-8-20(9-6-13)16-4-3-15(12-19-16)17(22)21-10-7-18-11-14(21)2/h3-4,12-14,18H,5-11H2,1-2H3. The average molecular weight is 302 g/mol. The maximum atomic E-state index is 12.6. The van der Waals surface area contributed by atoms with E-state index in [0.29, 0.717) is 5.56 Å². The second-order valence-electron chi connectivity index (χ2n) is 6.63. The van der Waals surface area contributed by atoms with E-state index in [2.05, 4.69) is 29.0 Å². The molecule has 0 aromatic carbocycles. The molecule has 3 rings (SSSR count). The lowest BCUT2D eigenvalue weighted by Crippen LogP contribution is -2.52. The summed E-state index contributed by atoms with van der Waals surface area (Å²) in [4.78, 5) is 21.4. The fraction of sp³-hybridized carbons (Fsp3) is 0.647. The number of hydrogen-bond acceptors (Lipinski definition) is 4. The molecule has 22 heavy (non-hydrogen) atoms. The molecule has 1 N–H and O–H groups in total. The molecule has 1 unspecified atom stereocenters. The summed E-state index contributed by atoms with van der Waals surface area (Å²) in [7, 11) is 0. The molecule has 0 saturated carbocycles. The van der Waals surface area contributed by atoms with Gasteiger partial charge in [0.15, 0.2) is 0 Å². The fourth-order valence-electron chi connectivity index (χ4n) is 3.25. The van der Waals surface area contributed by atoms with Gasteiger partial charge >= 0.3 is 0 Å². The molecule has 1 amide bonds. The number of nitrogens with zero attached hydrogens (tertiary/aromatic N) is 3. The van der Waals surface area contributed by atoms with Crippen molar-refractivity contribution in [3.8, 4) is 0 Å². The van der Waals surface area contributed by atoms with Crippen LogP contribution in [0.25, 0.3) is 0 Å². The maximum absolute atomic E-state index is 12.6. The molecule has 3 heterocycles. The molecule has 2 aliphatic heterocycles. The van der Waals surface area contributed by atoms with E-state index < -0.39 is 0 Å². The van der Waals surface area contributed by atoms with Gasteiger partial charge in [-0.1, -0.05) is 6.92 Å². The molecule has 0 aliphatic carbocycles. The number of piperazine rings is 1. The third-order valence-electron chi connectivity index (χ3n) is 4.86. The number of rotatable bonds is 2. The quantitative estimate of drug-likeness (QED) is 0.904. The van der Waals surface area contributed by atoms with Crippen molar-refractivity contribution < 1.29 is 4.79 Å². The highest BCUT2D eigenvalue weighted by atomic mass is 16.2. The summed E-state index contributed by atoms with van der Waals surface area (Å²) < 4.78 is 0. The van der Waals surface area contributed by atoms with Crippen LogP contribution in [0.5, 0.6) is 0 Å². The van der Waals surface area contributed by atoms with E-state index in [1.807, 2.05) is 17.0 Å². The van der Waals surface area contributed by atoms with E-state index in [1.54, 1.807) is 6.20 Å².